The summed E-state index contributed by atoms with van der Waals surface area (Å²) in [5.74, 6) is -0.143. The van der Waals surface area contributed by atoms with Gasteiger partial charge in [-0.05, 0) is 40.5 Å². The Kier molecular flexibility index (Phi) is 7.47. The molecule has 0 radical (unpaired) electrons. The summed E-state index contributed by atoms with van der Waals surface area (Å²) in [4.78, 5) is 11.9. The lowest BCUT2D eigenvalue weighted by molar-refractivity contribution is 0.0688. The van der Waals surface area contributed by atoms with Crippen molar-refractivity contribution in [1.29, 1.82) is 0 Å². The van der Waals surface area contributed by atoms with E-state index in [0.29, 0.717) is 37.6 Å². The van der Waals surface area contributed by atoms with Crippen molar-refractivity contribution in [1.82, 2.24) is 5.32 Å². The molecule has 0 aliphatic heterocycles. The summed E-state index contributed by atoms with van der Waals surface area (Å²) in [7, 11) is 1.63. The molecular formula is C13H19BrN2O3. The maximum Gasteiger partial charge on any atom is 0.252 e. The van der Waals surface area contributed by atoms with Crippen molar-refractivity contribution in [2.75, 3.05) is 39.2 Å². The number of hydrogen-bond acceptors (Lipinski definition) is 4. The van der Waals surface area contributed by atoms with E-state index in [2.05, 4.69) is 21.2 Å². The van der Waals surface area contributed by atoms with E-state index in [4.69, 9.17) is 15.2 Å². The summed E-state index contributed by atoms with van der Waals surface area (Å²) in [5.41, 5.74) is 6.76. The molecule has 19 heavy (non-hydrogen) atoms. The minimum atomic E-state index is -0.143. The van der Waals surface area contributed by atoms with Gasteiger partial charge in [0, 0.05) is 30.4 Å². The Morgan fingerprint density at radius 3 is 2.89 bits per heavy atom. The third-order valence-corrected chi connectivity index (χ3v) is 3.11. The molecule has 0 saturated heterocycles. The highest BCUT2D eigenvalue weighted by Crippen LogP contribution is 2.19. The minimum absolute atomic E-state index is 0.143. The molecule has 0 aliphatic carbocycles. The quantitative estimate of drug-likeness (QED) is 0.563. The summed E-state index contributed by atoms with van der Waals surface area (Å²) >= 11 is 3.33. The van der Waals surface area contributed by atoms with E-state index in [1.165, 1.54) is 0 Å². The maximum atomic E-state index is 11.9. The Morgan fingerprint density at radius 2 is 2.16 bits per heavy atom. The molecule has 0 spiro atoms. The fourth-order valence-electron chi connectivity index (χ4n) is 1.43. The lowest BCUT2D eigenvalue weighted by Gasteiger charge is -2.08. The molecular weight excluding hydrogens is 312 g/mol. The van der Waals surface area contributed by atoms with E-state index < -0.39 is 0 Å². The first-order chi connectivity index (χ1) is 9.15. The zero-order chi connectivity index (χ0) is 14.1. The van der Waals surface area contributed by atoms with Gasteiger partial charge in [-0.25, -0.2) is 0 Å². The molecule has 0 heterocycles. The molecule has 0 fully saturated rings. The maximum absolute atomic E-state index is 11.9. The normalized spacial score (nSPS) is 10.4. The highest BCUT2D eigenvalue weighted by molar-refractivity contribution is 9.10. The Bertz CT molecular complexity index is 413. The first-order valence-electron chi connectivity index (χ1n) is 6.05. The molecule has 0 saturated carbocycles. The number of nitrogen functional groups attached to an aromatic ring is 1. The summed E-state index contributed by atoms with van der Waals surface area (Å²) in [5, 5.41) is 2.82. The molecule has 6 heteroatoms. The van der Waals surface area contributed by atoms with Gasteiger partial charge < -0.3 is 20.5 Å². The Labute approximate surface area is 121 Å². The van der Waals surface area contributed by atoms with Crippen molar-refractivity contribution in [3.05, 3.63) is 28.2 Å². The lowest BCUT2D eigenvalue weighted by atomic mass is 10.2. The number of carbonyl (C=O) groups excluding carboxylic acids is 1. The summed E-state index contributed by atoms with van der Waals surface area (Å²) in [6, 6.07) is 5.15. The van der Waals surface area contributed by atoms with Crippen LogP contribution in [0.5, 0.6) is 0 Å². The number of rotatable bonds is 8. The zero-order valence-electron chi connectivity index (χ0n) is 10.9. The number of anilines is 1. The van der Waals surface area contributed by atoms with Gasteiger partial charge in [-0.15, -0.1) is 0 Å². The van der Waals surface area contributed by atoms with Crippen molar-refractivity contribution in [3.8, 4) is 0 Å². The number of amides is 1. The molecule has 106 valence electrons. The van der Waals surface area contributed by atoms with Gasteiger partial charge in [-0.2, -0.15) is 0 Å². The molecule has 5 nitrogen and oxygen atoms in total. The second-order valence-electron chi connectivity index (χ2n) is 3.95. The first-order valence-corrected chi connectivity index (χ1v) is 6.84. The molecule has 1 rings (SSSR count). The predicted octanol–water partition coefficient (Wildman–Crippen LogP) is 1.81. The Hall–Kier alpha value is -1.11. The number of halogens is 1. The van der Waals surface area contributed by atoms with Gasteiger partial charge in [0.25, 0.3) is 5.91 Å². The van der Waals surface area contributed by atoms with E-state index in [1.54, 1.807) is 25.3 Å². The molecule has 0 atom stereocenters. The number of nitrogens with one attached hydrogen (secondary N) is 1. The van der Waals surface area contributed by atoms with E-state index in [0.717, 1.165) is 10.9 Å². The molecule has 1 aromatic carbocycles. The highest BCUT2D eigenvalue weighted by atomic mass is 79.9. The standard InChI is InChI=1S/C13H19BrN2O3/c1-18-7-8-19-6-2-5-16-13(17)11-9-10(15)3-4-12(11)14/h3-4,9H,2,5-8,15H2,1H3,(H,16,17). The Morgan fingerprint density at radius 1 is 1.37 bits per heavy atom. The number of ether oxygens (including phenoxy) is 2. The van der Waals surface area contributed by atoms with Crippen molar-refractivity contribution in [2.24, 2.45) is 0 Å². The van der Waals surface area contributed by atoms with Crippen LogP contribution >= 0.6 is 15.9 Å². The summed E-state index contributed by atoms with van der Waals surface area (Å²) < 4.78 is 10.9. The second kappa shape index (κ2) is 8.90. The third-order valence-electron chi connectivity index (χ3n) is 2.42. The molecule has 0 unspecified atom stereocenters. The van der Waals surface area contributed by atoms with Crippen LogP contribution in [0.4, 0.5) is 5.69 Å². The highest BCUT2D eigenvalue weighted by Gasteiger charge is 2.09. The van der Waals surface area contributed by atoms with Crippen LogP contribution in [0.3, 0.4) is 0 Å². The average Bonchev–Trinajstić information content (AvgIpc) is 2.40. The van der Waals surface area contributed by atoms with E-state index in [1.807, 2.05) is 0 Å². The molecule has 3 N–H and O–H groups in total. The summed E-state index contributed by atoms with van der Waals surface area (Å²) in [6.45, 7) is 2.32. The van der Waals surface area contributed by atoms with Crippen molar-refractivity contribution >= 4 is 27.5 Å². The average molecular weight is 331 g/mol. The largest absolute Gasteiger partial charge is 0.399 e. The van der Waals surface area contributed by atoms with Gasteiger partial charge in [0.05, 0.1) is 18.8 Å². The van der Waals surface area contributed by atoms with Gasteiger partial charge in [0.2, 0.25) is 0 Å². The predicted molar refractivity (Wildman–Crippen MR) is 78.2 cm³/mol. The number of hydrogen-bond donors (Lipinski definition) is 2. The smallest absolute Gasteiger partial charge is 0.252 e. The first kappa shape index (κ1) is 15.9. The lowest BCUT2D eigenvalue weighted by Crippen LogP contribution is -2.25. The number of nitrogens with two attached hydrogens (primary N) is 1. The van der Waals surface area contributed by atoms with Crippen molar-refractivity contribution in [2.45, 2.75) is 6.42 Å². The van der Waals surface area contributed by atoms with E-state index >= 15 is 0 Å². The fourth-order valence-corrected chi connectivity index (χ4v) is 1.86. The second-order valence-corrected chi connectivity index (χ2v) is 4.81. The zero-order valence-corrected chi connectivity index (χ0v) is 12.5. The van der Waals surface area contributed by atoms with Gasteiger partial charge in [0.15, 0.2) is 0 Å². The number of benzene rings is 1. The number of methoxy groups -OCH3 is 1. The molecule has 0 aliphatic rings. The van der Waals surface area contributed by atoms with Crippen LogP contribution in [0.2, 0.25) is 0 Å². The van der Waals surface area contributed by atoms with Gasteiger partial charge >= 0.3 is 0 Å². The van der Waals surface area contributed by atoms with Crippen LogP contribution < -0.4 is 11.1 Å². The van der Waals surface area contributed by atoms with Crippen molar-refractivity contribution in [3.63, 3.8) is 0 Å². The molecule has 0 bridgehead atoms. The SMILES string of the molecule is COCCOCCCNC(=O)c1cc(N)ccc1Br. The third kappa shape index (κ3) is 6.04. The van der Waals surface area contributed by atoms with Crippen LogP contribution in [-0.4, -0.2) is 39.4 Å². The Balaban J connectivity index is 2.26. The van der Waals surface area contributed by atoms with Gasteiger partial charge in [-0.3, -0.25) is 4.79 Å². The summed E-state index contributed by atoms with van der Waals surface area (Å²) in [6.07, 6.45) is 0.759. The minimum Gasteiger partial charge on any atom is -0.399 e. The molecule has 1 amide bonds. The van der Waals surface area contributed by atoms with Crippen LogP contribution in [0.15, 0.2) is 22.7 Å². The van der Waals surface area contributed by atoms with Crippen LogP contribution in [0.1, 0.15) is 16.8 Å². The van der Waals surface area contributed by atoms with Crippen LogP contribution in [0.25, 0.3) is 0 Å². The van der Waals surface area contributed by atoms with Gasteiger partial charge in [0.1, 0.15) is 0 Å². The monoisotopic (exact) mass is 330 g/mol. The van der Waals surface area contributed by atoms with Crippen molar-refractivity contribution < 1.29 is 14.3 Å². The fraction of sp³-hybridized carbons (Fsp3) is 0.462. The van der Waals surface area contributed by atoms with Crippen LogP contribution in [-0.2, 0) is 9.47 Å². The van der Waals surface area contributed by atoms with E-state index in [-0.39, 0.29) is 5.91 Å². The van der Waals surface area contributed by atoms with Crippen LogP contribution in [0, 0.1) is 0 Å². The van der Waals surface area contributed by atoms with Gasteiger partial charge in [-0.1, -0.05) is 0 Å². The molecule has 1 aromatic rings. The molecule has 0 aromatic heterocycles. The topological polar surface area (TPSA) is 73.6 Å². The number of carbonyl (C=O) groups is 1. The van der Waals surface area contributed by atoms with E-state index in [9.17, 15) is 4.79 Å².